The fourth-order valence-corrected chi connectivity index (χ4v) is 2.45. The molecule has 2 N–H and O–H groups in total. The van der Waals surface area contributed by atoms with E-state index in [-0.39, 0.29) is 35.1 Å². The number of hydrogen-bond acceptors (Lipinski definition) is 5. The number of esters is 2. The van der Waals surface area contributed by atoms with Gasteiger partial charge in [-0.2, -0.15) is 0 Å². The smallest absolute Gasteiger partial charge is 0.340 e. The average molecular weight is 353 g/mol. The van der Waals surface area contributed by atoms with Gasteiger partial charge in [-0.15, -0.1) is 0 Å². The predicted molar refractivity (Wildman–Crippen MR) is 86.5 cm³/mol. The molecule has 7 nitrogen and oxygen atoms in total. The van der Waals surface area contributed by atoms with Crippen molar-refractivity contribution in [3.8, 4) is 0 Å². The quantitative estimate of drug-likeness (QED) is 0.791. The normalized spacial score (nSPS) is 17.0. The number of benzene rings is 1. The summed E-state index contributed by atoms with van der Waals surface area (Å²) in [4.78, 5) is 35.8. The number of halogens is 1. The number of urea groups is 1. The summed E-state index contributed by atoms with van der Waals surface area (Å²) in [6.07, 6.45) is 0. The van der Waals surface area contributed by atoms with Gasteiger partial charge in [-0.3, -0.25) is 0 Å². The summed E-state index contributed by atoms with van der Waals surface area (Å²) in [6, 6.07) is 5.38. The monoisotopic (exact) mass is 352 g/mol. The number of amides is 2. The molecule has 0 aliphatic carbocycles. The van der Waals surface area contributed by atoms with Gasteiger partial charge in [0.15, 0.2) is 0 Å². The van der Waals surface area contributed by atoms with Crippen LogP contribution in [0.1, 0.15) is 24.2 Å². The Morgan fingerprint density at radius 2 is 1.92 bits per heavy atom. The zero-order chi connectivity index (χ0) is 17.7. The van der Waals surface area contributed by atoms with Crippen molar-refractivity contribution < 1.29 is 23.9 Å². The maximum absolute atomic E-state index is 12.1. The van der Waals surface area contributed by atoms with Crippen LogP contribution in [0.25, 0.3) is 0 Å². The van der Waals surface area contributed by atoms with Gasteiger partial charge in [-0.1, -0.05) is 23.7 Å². The summed E-state index contributed by atoms with van der Waals surface area (Å²) in [6.45, 7) is 3.22. The fraction of sp³-hybridized carbons (Fsp3) is 0.312. The van der Waals surface area contributed by atoms with E-state index in [9.17, 15) is 14.4 Å². The highest BCUT2D eigenvalue weighted by atomic mass is 35.5. The van der Waals surface area contributed by atoms with Crippen LogP contribution in [0.15, 0.2) is 35.5 Å². The zero-order valence-corrected chi connectivity index (χ0v) is 14.0. The van der Waals surface area contributed by atoms with Gasteiger partial charge in [-0.25, -0.2) is 14.4 Å². The van der Waals surface area contributed by atoms with Crippen LogP contribution in [-0.4, -0.2) is 37.2 Å². The van der Waals surface area contributed by atoms with Crippen LogP contribution in [0.3, 0.4) is 0 Å². The van der Waals surface area contributed by atoms with E-state index in [2.05, 4.69) is 10.6 Å². The van der Waals surface area contributed by atoms with Gasteiger partial charge in [0.2, 0.25) is 0 Å². The first-order valence-corrected chi connectivity index (χ1v) is 7.71. The molecule has 0 spiro atoms. The van der Waals surface area contributed by atoms with Crippen molar-refractivity contribution in [2.45, 2.75) is 19.9 Å². The second-order valence-corrected chi connectivity index (χ2v) is 5.40. The first kappa shape index (κ1) is 17.8. The molecule has 1 aliphatic heterocycles. The molecule has 2 amide bonds. The van der Waals surface area contributed by atoms with Gasteiger partial charge < -0.3 is 20.1 Å². The van der Waals surface area contributed by atoms with Gasteiger partial charge in [0.05, 0.1) is 34.5 Å². The first-order valence-electron chi connectivity index (χ1n) is 7.33. The summed E-state index contributed by atoms with van der Waals surface area (Å²) in [5, 5.41) is 5.29. The number of hydrogen-bond donors (Lipinski definition) is 2. The van der Waals surface area contributed by atoms with Gasteiger partial charge in [0.1, 0.15) is 6.61 Å². The minimum absolute atomic E-state index is 0.185. The fourth-order valence-electron chi connectivity index (χ4n) is 2.24. The second-order valence-electron chi connectivity index (χ2n) is 4.99. The molecule has 1 aromatic rings. The van der Waals surface area contributed by atoms with Crippen molar-refractivity contribution >= 4 is 29.6 Å². The van der Waals surface area contributed by atoms with E-state index in [1.54, 1.807) is 32.0 Å². The Labute approximate surface area is 144 Å². The van der Waals surface area contributed by atoms with Crippen LogP contribution in [0.4, 0.5) is 4.79 Å². The van der Waals surface area contributed by atoms with E-state index in [1.807, 2.05) is 0 Å². The third kappa shape index (κ3) is 4.05. The van der Waals surface area contributed by atoms with Gasteiger partial charge in [-0.05, 0) is 26.0 Å². The number of carbonyl (C=O) groups is 3. The Balaban J connectivity index is 2.19. The third-order valence-corrected chi connectivity index (χ3v) is 3.64. The highest BCUT2D eigenvalue weighted by Gasteiger charge is 2.30. The molecule has 1 aliphatic rings. The highest BCUT2D eigenvalue weighted by molar-refractivity contribution is 6.33. The molecule has 0 fully saturated rings. The predicted octanol–water partition coefficient (Wildman–Crippen LogP) is 2.02. The second kappa shape index (κ2) is 7.83. The maximum atomic E-state index is 12.1. The van der Waals surface area contributed by atoms with Crippen molar-refractivity contribution in [2.75, 3.05) is 13.2 Å². The average Bonchev–Trinajstić information content (AvgIpc) is 2.52. The molecule has 0 unspecified atom stereocenters. The Morgan fingerprint density at radius 3 is 2.58 bits per heavy atom. The van der Waals surface area contributed by atoms with Crippen molar-refractivity contribution in [1.82, 2.24) is 10.6 Å². The lowest BCUT2D eigenvalue weighted by molar-refractivity contribution is -0.139. The molecular weight excluding hydrogens is 336 g/mol. The minimum atomic E-state index is -0.656. The van der Waals surface area contributed by atoms with Crippen LogP contribution >= 0.6 is 11.6 Å². The molecule has 8 heteroatoms. The Bertz CT molecular complexity index is 701. The molecule has 0 saturated carbocycles. The lowest BCUT2D eigenvalue weighted by atomic mass is 10.0. The van der Waals surface area contributed by atoms with Gasteiger partial charge in [0.25, 0.3) is 0 Å². The van der Waals surface area contributed by atoms with E-state index in [4.69, 9.17) is 21.1 Å². The van der Waals surface area contributed by atoms with Crippen LogP contribution < -0.4 is 10.6 Å². The maximum Gasteiger partial charge on any atom is 0.340 e. The van der Waals surface area contributed by atoms with E-state index in [0.29, 0.717) is 0 Å². The highest BCUT2D eigenvalue weighted by Crippen LogP contribution is 2.18. The Kier molecular flexibility index (Phi) is 5.81. The third-order valence-electron chi connectivity index (χ3n) is 3.31. The molecule has 128 valence electrons. The molecule has 1 atom stereocenters. The molecule has 0 saturated heterocycles. The van der Waals surface area contributed by atoms with Crippen LogP contribution in [0.5, 0.6) is 0 Å². The summed E-state index contributed by atoms with van der Waals surface area (Å²) in [5.41, 5.74) is 0.597. The first-order chi connectivity index (χ1) is 11.4. The van der Waals surface area contributed by atoms with E-state index in [0.717, 1.165) is 0 Å². The molecule has 1 heterocycles. The van der Waals surface area contributed by atoms with Crippen LogP contribution in [0.2, 0.25) is 5.02 Å². The van der Waals surface area contributed by atoms with Gasteiger partial charge >= 0.3 is 18.0 Å². The number of rotatable bonds is 5. The summed E-state index contributed by atoms with van der Waals surface area (Å²) < 4.78 is 10.2. The number of nitrogens with one attached hydrogen (secondary N) is 2. The van der Waals surface area contributed by atoms with Gasteiger partial charge in [0, 0.05) is 0 Å². The van der Waals surface area contributed by atoms with Crippen LogP contribution in [-0.2, 0) is 14.3 Å². The lowest BCUT2D eigenvalue weighted by Crippen LogP contribution is -2.50. The molecule has 0 aromatic heterocycles. The summed E-state index contributed by atoms with van der Waals surface area (Å²) in [7, 11) is 0. The Hall–Kier alpha value is -2.54. The largest absolute Gasteiger partial charge is 0.463 e. The van der Waals surface area contributed by atoms with E-state index < -0.39 is 24.0 Å². The number of carbonyl (C=O) groups excluding carboxylic acids is 3. The number of ether oxygens (including phenoxy) is 2. The van der Waals surface area contributed by atoms with E-state index >= 15 is 0 Å². The molecule has 0 radical (unpaired) electrons. The van der Waals surface area contributed by atoms with Crippen molar-refractivity contribution in [3.63, 3.8) is 0 Å². The molecule has 2 rings (SSSR count). The topological polar surface area (TPSA) is 93.7 Å². The SMILES string of the molecule is CCOC(=O)C1=C(COC(=O)c2ccccc2Cl)NC(=O)N[C@@H]1C. The molecule has 24 heavy (non-hydrogen) atoms. The molecule has 1 aromatic carbocycles. The molecular formula is C16H17ClN2O5. The summed E-state index contributed by atoms with van der Waals surface area (Å²) in [5.74, 6) is -1.24. The van der Waals surface area contributed by atoms with Crippen molar-refractivity contribution in [1.29, 1.82) is 0 Å². The Morgan fingerprint density at radius 1 is 1.21 bits per heavy atom. The van der Waals surface area contributed by atoms with E-state index in [1.165, 1.54) is 6.07 Å². The lowest BCUT2D eigenvalue weighted by Gasteiger charge is -2.26. The molecule has 0 bridgehead atoms. The standard InChI is InChI=1S/C16H17ClN2O5/c1-3-23-15(21)13-9(2)18-16(22)19-12(13)8-24-14(20)10-6-4-5-7-11(10)17/h4-7,9H,3,8H2,1-2H3,(H2,18,19,22)/t9-/m1/s1. The minimum Gasteiger partial charge on any atom is -0.463 e. The summed E-state index contributed by atoms with van der Waals surface area (Å²) >= 11 is 5.94. The zero-order valence-electron chi connectivity index (χ0n) is 13.2. The van der Waals surface area contributed by atoms with Crippen LogP contribution in [0, 0.1) is 0 Å². The van der Waals surface area contributed by atoms with Crippen molar-refractivity contribution in [3.05, 3.63) is 46.1 Å². The van der Waals surface area contributed by atoms with Crippen molar-refractivity contribution in [2.24, 2.45) is 0 Å².